The van der Waals surface area contributed by atoms with Gasteiger partial charge in [0.15, 0.2) is 0 Å². The lowest BCUT2D eigenvalue weighted by Gasteiger charge is -2.44. The van der Waals surface area contributed by atoms with E-state index in [1.54, 1.807) is 0 Å². The number of ether oxygens (including phenoxy) is 1. The van der Waals surface area contributed by atoms with E-state index in [1.165, 1.54) is 38.5 Å². The van der Waals surface area contributed by atoms with Crippen molar-refractivity contribution < 1.29 is 4.74 Å². The predicted molar refractivity (Wildman–Crippen MR) is 105 cm³/mol. The van der Waals surface area contributed by atoms with Crippen LogP contribution in [0.25, 0.3) is 0 Å². The second-order valence-corrected chi connectivity index (χ2v) is 9.95. The molecule has 0 heterocycles. The van der Waals surface area contributed by atoms with Crippen LogP contribution in [0.5, 0.6) is 0 Å². The van der Waals surface area contributed by atoms with E-state index in [9.17, 15) is 0 Å². The van der Waals surface area contributed by atoms with Gasteiger partial charge < -0.3 is 4.74 Å². The van der Waals surface area contributed by atoms with Gasteiger partial charge in [-0.15, -0.1) is 0 Å². The van der Waals surface area contributed by atoms with Crippen LogP contribution in [-0.4, -0.2) is 12.2 Å². The standard InChI is InChI=1S/C22H46O/c1-11-13-15-17(3)19(21(5,6)7)23-20(22(8,9)10)18(4)16-14-12-2/h17-20H,11-16H2,1-10H3. The Balaban J connectivity index is 5.20. The van der Waals surface area contributed by atoms with Gasteiger partial charge in [0.25, 0.3) is 0 Å². The second kappa shape index (κ2) is 10.1. The van der Waals surface area contributed by atoms with Crippen molar-refractivity contribution in [3.63, 3.8) is 0 Å². The van der Waals surface area contributed by atoms with Crippen LogP contribution in [0.15, 0.2) is 0 Å². The van der Waals surface area contributed by atoms with E-state index < -0.39 is 0 Å². The van der Waals surface area contributed by atoms with Gasteiger partial charge in [-0.2, -0.15) is 0 Å². The van der Waals surface area contributed by atoms with Gasteiger partial charge in [0, 0.05) is 0 Å². The van der Waals surface area contributed by atoms with Gasteiger partial charge in [-0.25, -0.2) is 0 Å². The van der Waals surface area contributed by atoms with Gasteiger partial charge in [-0.05, 0) is 35.5 Å². The van der Waals surface area contributed by atoms with Crippen LogP contribution in [0.2, 0.25) is 0 Å². The van der Waals surface area contributed by atoms with Crippen molar-refractivity contribution in [3.05, 3.63) is 0 Å². The number of hydrogen-bond acceptors (Lipinski definition) is 1. The highest BCUT2D eigenvalue weighted by Crippen LogP contribution is 2.38. The Morgan fingerprint density at radius 1 is 0.652 bits per heavy atom. The zero-order valence-electron chi connectivity index (χ0n) is 18.0. The lowest BCUT2D eigenvalue weighted by atomic mass is 9.76. The Labute approximate surface area is 148 Å². The molecule has 0 spiro atoms. The van der Waals surface area contributed by atoms with Gasteiger partial charge in [0.1, 0.15) is 0 Å². The third-order valence-corrected chi connectivity index (χ3v) is 5.06. The monoisotopic (exact) mass is 326 g/mol. The SMILES string of the molecule is CCCCC(C)C(OC(C(C)CCCC)C(C)(C)C)C(C)(C)C. The van der Waals surface area contributed by atoms with Crippen molar-refractivity contribution in [1.82, 2.24) is 0 Å². The van der Waals surface area contributed by atoms with E-state index in [2.05, 4.69) is 69.2 Å². The quantitative estimate of drug-likeness (QED) is 0.404. The molecular weight excluding hydrogens is 280 g/mol. The molecule has 0 saturated heterocycles. The average molecular weight is 327 g/mol. The molecule has 0 N–H and O–H groups in total. The Hall–Kier alpha value is -0.0400. The summed E-state index contributed by atoms with van der Waals surface area (Å²) in [5, 5.41) is 0. The Bertz CT molecular complexity index is 264. The van der Waals surface area contributed by atoms with Gasteiger partial charge >= 0.3 is 0 Å². The second-order valence-electron chi connectivity index (χ2n) is 9.95. The zero-order chi connectivity index (χ0) is 18.3. The number of hydrogen-bond donors (Lipinski definition) is 0. The smallest absolute Gasteiger partial charge is 0.0653 e. The largest absolute Gasteiger partial charge is 0.373 e. The Morgan fingerprint density at radius 3 is 1.17 bits per heavy atom. The fraction of sp³-hybridized carbons (Fsp3) is 1.00. The molecule has 4 atom stereocenters. The van der Waals surface area contributed by atoms with Crippen LogP contribution >= 0.6 is 0 Å². The summed E-state index contributed by atoms with van der Waals surface area (Å²) in [6.07, 6.45) is 8.39. The molecule has 0 bridgehead atoms. The summed E-state index contributed by atoms with van der Waals surface area (Å²) in [6.45, 7) is 23.4. The van der Waals surface area contributed by atoms with Crippen molar-refractivity contribution in [3.8, 4) is 0 Å². The molecular formula is C22H46O. The maximum absolute atomic E-state index is 6.90. The highest BCUT2D eigenvalue weighted by atomic mass is 16.5. The summed E-state index contributed by atoms with van der Waals surface area (Å²) in [7, 11) is 0. The molecule has 0 aliphatic rings. The summed E-state index contributed by atoms with van der Waals surface area (Å²) < 4.78 is 6.90. The van der Waals surface area contributed by atoms with E-state index in [-0.39, 0.29) is 10.8 Å². The van der Waals surface area contributed by atoms with Crippen LogP contribution in [-0.2, 0) is 4.74 Å². The van der Waals surface area contributed by atoms with Gasteiger partial charge in [0.2, 0.25) is 0 Å². The fourth-order valence-corrected chi connectivity index (χ4v) is 3.90. The van der Waals surface area contributed by atoms with E-state index in [0.29, 0.717) is 24.0 Å². The van der Waals surface area contributed by atoms with Crippen LogP contribution in [0.3, 0.4) is 0 Å². The third kappa shape index (κ3) is 8.57. The first kappa shape index (κ1) is 23.0. The summed E-state index contributed by atoms with van der Waals surface area (Å²) in [4.78, 5) is 0. The fourth-order valence-electron chi connectivity index (χ4n) is 3.90. The maximum Gasteiger partial charge on any atom is 0.0653 e. The zero-order valence-corrected chi connectivity index (χ0v) is 18.0. The minimum Gasteiger partial charge on any atom is -0.373 e. The van der Waals surface area contributed by atoms with Crippen LogP contribution in [0.4, 0.5) is 0 Å². The van der Waals surface area contributed by atoms with Crippen molar-refractivity contribution in [2.75, 3.05) is 0 Å². The molecule has 0 saturated carbocycles. The molecule has 0 fully saturated rings. The van der Waals surface area contributed by atoms with Gasteiger partial charge in [-0.1, -0.05) is 94.9 Å². The predicted octanol–water partition coefficient (Wildman–Crippen LogP) is 7.49. The first-order valence-corrected chi connectivity index (χ1v) is 10.1. The molecule has 0 aliphatic heterocycles. The summed E-state index contributed by atoms with van der Waals surface area (Å²) >= 11 is 0. The Kier molecular flexibility index (Phi) is 10.0. The Morgan fingerprint density at radius 2 is 0.957 bits per heavy atom. The molecule has 0 rings (SSSR count). The van der Waals surface area contributed by atoms with Crippen molar-refractivity contribution in [1.29, 1.82) is 0 Å². The highest BCUT2D eigenvalue weighted by molar-refractivity contribution is 4.86. The van der Waals surface area contributed by atoms with E-state index in [0.717, 1.165) is 0 Å². The molecule has 0 amide bonds. The summed E-state index contributed by atoms with van der Waals surface area (Å²) in [6, 6.07) is 0. The van der Waals surface area contributed by atoms with E-state index in [1.807, 2.05) is 0 Å². The lowest BCUT2D eigenvalue weighted by molar-refractivity contribution is -0.148. The van der Waals surface area contributed by atoms with Crippen LogP contribution < -0.4 is 0 Å². The molecule has 140 valence electrons. The van der Waals surface area contributed by atoms with Gasteiger partial charge in [0.05, 0.1) is 12.2 Å². The minimum absolute atomic E-state index is 0.196. The highest BCUT2D eigenvalue weighted by Gasteiger charge is 2.38. The van der Waals surface area contributed by atoms with Crippen molar-refractivity contribution in [2.24, 2.45) is 22.7 Å². The third-order valence-electron chi connectivity index (χ3n) is 5.06. The molecule has 23 heavy (non-hydrogen) atoms. The van der Waals surface area contributed by atoms with Crippen molar-refractivity contribution >= 4 is 0 Å². The normalized spacial score (nSPS) is 18.5. The lowest BCUT2D eigenvalue weighted by Crippen LogP contribution is -2.45. The maximum atomic E-state index is 6.90. The van der Waals surface area contributed by atoms with Crippen LogP contribution in [0.1, 0.15) is 108 Å². The molecule has 4 unspecified atom stereocenters. The van der Waals surface area contributed by atoms with E-state index in [4.69, 9.17) is 4.74 Å². The average Bonchev–Trinajstić information content (AvgIpc) is 2.40. The topological polar surface area (TPSA) is 9.23 Å². The molecule has 0 aromatic carbocycles. The number of unbranched alkanes of at least 4 members (excludes halogenated alkanes) is 2. The van der Waals surface area contributed by atoms with Crippen molar-refractivity contribution in [2.45, 2.75) is 120 Å². The molecule has 0 aliphatic carbocycles. The molecule has 0 aromatic heterocycles. The van der Waals surface area contributed by atoms with Crippen LogP contribution in [0, 0.1) is 22.7 Å². The molecule has 0 aromatic rings. The minimum atomic E-state index is 0.196. The molecule has 0 radical (unpaired) electrons. The first-order chi connectivity index (χ1) is 10.4. The van der Waals surface area contributed by atoms with E-state index >= 15 is 0 Å². The first-order valence-electron chi connectivity index (χ1n) is 10.1. The summed E-state index contributed by atoms with van der Waals surface area (Å²) in [5.41, 5.74) is 0.391. The number of rotatable bonds is 10. The molecule has 1 nitrogen and oxygen atoms in total. The molecule has 1 heteroatoms. The van der Waals surface area contributed by atoms with Gasteiger partial charge in [-0.3, -0.25) is 0 Å². The summed E-state index contributed by atoms with van der Waals surface area (Å²) in [5.74, 6) is 1.25.